The molecule has 2 fully saturated rings. The van der Waals surface area contributed by atoms with Gasteiger partial charge in [0.2, 0.25) is 5.91 Å². The predicted octanol–water partition coefficient (Wildman–Crippen LogP) is 3.32. The minimum atomic E-state index is -0.190. The highest BCUT2D eigenvalue weighted by Gasteiger charge is 2.26. The predicted molar refractivity (Wildman–Crippen MR) is 120 cm³/mol. The third-order valence-corrected chi connectivity index (χ3v) is 5.92. The van der Waals surface area contributed by atoms with Crippen LogP contribution in [0.4, 0.5) is 5.69 Å². The number of nitrogens with zero attached hydrogens (tertiary/aromatic N) is 1. The van der Waals surface area contributed by atoms with E-state index in [1.165, 1.54) is 0 Å². The molecule has 3 rings (SSSR count). The fourth-order valence-electron chi connectivity index (χ4n) is 4.18. The first-order valence-electron chi connectivity index (χ1n) is 10.2. The summed E-state index contributed by atoms with van der Waals surface area (Å²) in [6.07, 6.45) is 5.82. The molecule has 5 nitrogen and oxygen atoms in total. The molecule has 2 aliphatic rings. The van der Waals surface area contributed by atoms with Crippen LogP contribution in [0.1, 0.15) is 38.5 Å². The Kier molecular flexibility index (Phi) is 12.0. The number of rotatable bonds is 7. The van der Waals surface area contributed by atoms with Crippen LogP contribution in [0.15, 0.2) is 30.3 Å². The highest BCUT2D eigenvalue weighted by molar-refractivity contribution is 5.90. The second-order valence-corrected chi connectivity index (χ2v) is 7.85. The first-order valence-corrected chi connectivity index (χ1v) is 10.2. The summed E-state index contributed by atoms with van der Waals surface area (Å²) in [6.45, 7) is 4.98. The minimum Gasteiger partial charge on any atom is -0.392 e. The first kappa shape index (κ1) is 25.2. The molecule has 0 saturated carbocycles. The molecule has 28 heavy (non-hydrogen) atoms. The number of likely N-dealkylation sites (tertiary alicyclic amines) is 1. The van der Waals surface area contributed by atoms with Gasteiger partial charge in [-0.1, -0.05) is 18.2 Å². The van der Waals surface area contributed by atoms with Crippen molar-refractivity contribution in [3.8, 4) is 0 Å². The minimum absolute atomic E-state index is 0. The van der Waals surface area contributed by atoms with Crippen LogP contribution in [0.3, 0.4) is 0 Å². The van der Waals surface area contributed by atoms with Crippen molar-refractivity contribution < 1.29 is 9.90 Å². The number of piperidine rings is 2. The summed E-state index contributed by atoms with van der Waals surface area (Å²) in [4.78, 5) is 14.5. The van der Waals surface area contributed by atoms with Crippen LogP contribution in [0.5, 0.6) is 0 Å². The molecule has 1 atom stereocenters. The topological polar surface area (TPSA) is 64.6 Å². The molecule has 2 aliphatic heterocycles. The van der Waals surface area contributed by atoms with Crippen molar-refractivity contribution in [1.82, 2.24) is 10.2 Å². The van der Waals surface area contributed by atoms with Gasteiger partial charge in [-0.15, -0.1) is 24.8 Å². The summed E-state index contributed by atoms with van der Waals surface area (Å²) in [5.41, 5.74) is 0.874. The van der Waals surface area contributed by atoms with Crippen LogP contribution < -0.4 is 10.6 Å². The van der Waals surface area contributed by atoms with Crippen molar-refractivity contribution in [1.29, 1.82) is 0 Å². The van der Waals surface area contributed by atoms with Crippen molar-refractivity contribution >= 4 is 36.4 Å². The zero-order valence-corrected chi connectivity index (χ0v) is 18.1. The molecule has 0 aromatic heterocycles. The van der Waals surface area contributed by atoms with E-state index in [2.05, 4.69) is 15.5 Å². The van der Waals surface area contributed by atoms with E-state index in [1.54, 1.807) is 0 Å². The van der Waals surface area contributed by atoms with Gasteiger partial charge >= 0.3 is 0 Å². The molecule has 2 saturated heterocycles. The van der Waals surface area contributed by atoms with Crippen molar-refractivity contribution in [2.75, 3.05) is 38.0 Å². The van der Waals surface area contributed by atoms with E-state index in [0.29, 0.717) is 18.3 Å². The number of aliphatic hydroxyl groups excluding tert-OH is 1. The number of carbonyl (C=O) groups excluding carboxylic acids is 1. The summed E-state index contributed by atoms with van der Waals surface area (Å²) in [5.74, 6) is 1.19. The number of aliphatic hydroxyl groups is 1. The lowest BCUT2D eigenvalue weighted by Gasteiger charge is -2.36. The smallest absolute Gasteiger partial charge is 0.224 e. The second kappa shape index (κ2) is 13.4. The number of anilines is 1. The molecule has 1 amide bonds. The largest absolute Gasteiger partial charge is 0.392 e. The van der Waals surface area contributed by atoms with Crippen LogP contribution in [-0.2, 0) is 4.79 Å². The average molecular weight is 432 g/mol. The Bertz CT molecular complexity index is 548. The summed E-state index contributed by atoms with van der Waals surface area (Å²) in [6, 6.07) is 9.66. The monoisotopic (exact) mass is 431 g/mol. The molecular weight excluding hydrogens is 397 g/mol. The van der Waals surface area contributed by atoms with Gasteiger partial charge in [-0.05, 0) is 82.3 Å². The molecule has 0 aliphatic carbocycles. The van der Waals surface area contributed by atoms with E-state index in [-0.39, 0.29) is 36.8 Å². The Labute approximate surface area is 181 Å². The zero-order valence-electron chi connectivity index (χ0n) is 16.5. The van der Waals surface area contributed by atoms with Crippen LogP contribution in [0, 0.1) is 11.8 Å². The van der Waals surface area contributed by atoms with Gasteiger partial charge in [0, 0.05) is 18.7 Å². The fourth-order valence-corrected chi connectivity index (χ4v) is 4.18. The number of benzene rings is 1. The number of halogens is 2. The lowest BCUT2D eigenvalue weighted by Crippen LogP contribution is -2.43. The van der Waals surface area contributed by atoms with Gasteiger partial charge in [-0.2, -0.15) is 0 Å². The van der Waals surface area contributed by atoms with Crippen molar-refractivity contribution in [2.24, 2.45) is 11.8 Å². The van der Waals surface area contributed by atoms with Gasteiger partial charge < -0.3 is 20.6 Å². The summed E-state index contributed by atoms with van der Waals surface area (Å²) in [7, 11) is 0. The normalized spacial score (nSPS) is 19.9. The maximum Gasteiger partial charge on any atom is 0.224 e. The first-order chi connectivity index (χ1) is 12.7. The van der Waals surface area contributed by atoms with Crippen LogP contribution in [-0.4, -0.2) is 54.7 Å². The third kappa shape index (κ3) is 8.26. The number of amides is 1. The Morgan fingerprint density at radius 1 is 1.11 bits per heavy atom. The Hall–Kier alpha value is -0.850. The standard InChI is InChI=1S/C21H33N3O2.2ClH/c25-20(18-8-12-22-13-9-18)16-24-14-10-17(11-15-24)6-7-21(26)23-19-4-2-1-3-5-19;;/h1-5,17-18,20,22,25H,6-16H2,(H,23,26);2*1H. The number of nitrogens with one attached hydrogen (secondary N) is 2. The van der Waals surface area contributed by atoms with Gasteiger partial charge in [0.05, 0.1) is 6.10 Å². The van der Waals surface area contributed by atoms with Gasteiger partial charge in [0.15, 0.2) is 0 Å². The van der Waals surface area contributed by atoms with Crippen molar-refractivity contribution in [3.63, 3.8) is 0 Å². The van der Waals surface area contributed by atoms with Crippen LogP contribution in [0.2, 0.25) is 0 Å². The SMILES string of the molecule is Cl.Cl.O=C(CCC1CCN(CC(O)C2CCNCC2)CC1)Nc1ccccc1. The van der Waals surface area contributed by atoms with Crippen LogP contribution >= 0.6 is 24.8 Å². The number of carbonyl (C=O) groups is 1. The maximum atomic E-state index is 12.1. The number of β-amino-alcohol motifs (C(OH)–C–C–N with tert-alkyl or cyclic N) is 1. The zero-order chi connectivity index (χ0) is 18.2. The molecule has 0 bridgehead atoms. The van der Waals surface area contributed by atoms with Crippen molar-refractivity contribution in [3.05, 3.63) is 30.3 Å². The molecule has 7 heteroatoms. The molecule has 0 radical (unpaired) electrons. The highest BCUT2D eigenvalue weighted by Crippen LogP contribution is 2.24. The molecule has 3 N–H and O–H groups in total. The summed E-state index contributed by atoms with van der Waals surface area (Å²) >= 11 is 0. The molecule has 0 spiro atoms. The molecule has 1 unspecified atom stereocenters. The second-order valence-electron chi connectivity index (χ2n) is 7.85. The molecular formula is C21H35Cl2N3O2. The Morgan fingerprint density at radius 3 is 2.39 bits per heavy atom. The Balaban J connectivity index is 0.00000196. The Morgan fingerprint density at radius 2 is 1.75 bits per heavy atom. The highest BCUT2D eigenvalue weighted by atomic mass is 35.5. The van der Waals surface area contributed by atoms with Crippen molar-refractivity contribution in [2.45, 2.75) is 44.6 Å². The van der Waals surface area contributed by atoms with Gasteiger partial charge in [0.1, 0.15) is 0 Å². The van der Waals surface area contributed by atoms with Gasteiger partial charge in [-0.3, -0.25) is 4.79 Å². The fraction of sp³-hybridized carbons (Fsp3) is 0.667. The van der Waals surface area contributed by atoms with E-state index >= 15 is 0 Å². The van der Waals surface area contributed by atoms with E-state index in [0.717, 1.165) is 70.5 Å². The number of para-hydroxylation sites is 1. The number of hydrogen-bond donors (Lipinski definition) is 3. The van der Waals surface area contributed by atoms with Gasteiger partial charge in [0.25, 0.3) is 0 Å². The third-order valence-electron chi connectivity index (χ3n) is 5.92. The van der Waals surface area contributed by atoms with Gasteiger partial charge in [-0.25, -0.2) is 0 Å². The molecule has 1 aromatic carbocycles. The maximum absolute atomic E-state index is 12.1. The van der Waals surface area contributed by atoms with E-state index in [9.17, 15) is 9.90 Å². The number of hydrogen-bond acceptors (Lipinski definition) is 4. The molecule has 2 heterocycles. The van der Waals surface area contributed by atoms with Crippen LogP contribution in [0.25, 0.3) is 0 Å². The van der Waals surface area contributed by atoms with E-state index in [1.807, 2.05) is 30.3 Å². The van der Waals surface area contributed by atoms with E-state index in [4.69, 9.17) is 0 Å². The summed E-state index contributed by atoms with van der Waals surface area (Å²) < 4.78 is 0. The lowest BCUT2D eigenvalue weighted by atomic mass is 9.89. The lowest BCUT2D eigenvalue weighted by molar-refractivity contribution is -0.116. The molecule has 160 valence electrons. The molecule has 1 aromatic rings. The average Bonchev–Trinajstić information content (AvgIpc) is 2.69. The van der Waals surface area contributed by atoms with E-state index < -0.39 is 0 Å². The quantitative estimate of drug-likeness (QED) is 0.619. The summed E-state index contributed by atoms with van der Waals surface area (Å²) in [5, 5.41) is 16.8.